The highest BCUT2D eigenvalue weighted by atomic mass is 32.2. The van der Waals surface area contributed by atoms with Gasteiger partial charge in [0.15, 0.2) is 5.25 Å². The predicted molar refractivity (Wildman–Crippen MR) is 116 cm³/mol. The third kappa shape index (κ3) is 4.91. The highest BCUT2D eigenvalue weighted by Gasteiger charge is 2.45. The number of benzene rings is 1. The molecule has 0 aromatic heterocycles. The molecule has 1 aromatic carbocycles. The van der Waals surface area contributed by atoms with Crippen molar-refractivity contribution in [2.45, 2.75) is 57.1 Å². The van der Waals surface area contributed by atoms with Gasteiger partial charge in [-0.3, -0.25) is 9.69 Å². The van der Waals surface area contributed by atoms with Crippen LogP contribution in [0.5, 0.6) is 0 Å². The zero-order valence-electron chi connectivity index (χ0n) is 17.5. The van der Waals surface area contributed by atoms with E-state index in [1.165, 1.54) is 44.8 Å². The molecule has 2 fully saturated rings. The second kappa shape index (κ2) is 9.82. The van der Waals surface area contributed by atoms with Crippen LogP contribution in [0.25, 0.3) is 0 Å². The third-order valence-electron chi connectivity index (χ3n) is 6.24. The van der Waals surface area contributed by atoms with E-state index < -0.39 is 0 Å². The monoisotopic (exact) mass is 404 g/mol. The van der Waals surface area contributed by atoms with E-state index in [0.717, 1.165) is 17.1 Å². The normalized spacial score (nSPS) is 20.2. The van der Waals surface area contributed by atoms with E-state index in [9.17, 15) is 9.59 Å². The van der Waals surface area contributed by atoms with Crippen LogP contribution in [0.15, 0.2) is 24.3 Å². The van der Waals surface area contributed by atoms with Gasteiger partial charge in [0.1, 0.15) is 11.5 Å². The van der Waals surface area contributed by atoms with Crippen molar-refractivity contribution in [2.24, 2.45) is 5.92 Å². The summed E-state index contributed by atoms with van der Waals surface area (Å²) in [5.74, 6) is 3.15. The molecule has 3 rings (SSSR count). The Morgan fingerprint density at radius 2 is 1.64 bits per heavy atom. The minimum Gasteiger partial charge on any atom is -0.453 e. The SMILES string of the molecule is COC(=O)N1CC[S+](C(C(=O)c2ccc(C(C)C)cc2)C2CCCCC2)CC1. The number of carbonyl (C=O) groups is 2. The molecule has 1 unspecified atom stereocenters. The van der Waals surface area contributed by atoms with Gasteiger partial charge in [-0.1, -0.05) is 57.4 Å². The Hall–Kier alpha value is -1.49. The number of ether oxygens (including phenoxy) is 1. The Kier molecular flexibility index (Phi) is 7.44. The van der Waals surface area contributed by atoms with E-state index in [2.05, 4.69) is 26.0 Å². The Morgan fingerprint density at radius 3 is 2.18 bits per heavy atom. The molecular formula is C23H34NO3S+. The number of amides is 1. The molecule has 0 spiro atoms. The van der Waals surface area contributed by atoms with E-state index in [0.29, 0.717) is 30.7 Å². The second-order valence-corrected chi connectivity index (χ2v) is 10.8. The van der Waals surface area contributed by atoms with Crippen LogP contribution in [0.1, 0.15) is 67.8 Å². The molecule has 5 heteroatoms. The molecule has 0 radical (unpaired) electrons. The van der Waals surface area contributed by atoms with Crippen LogP contribution in [-0.4, -0.2) is 53.7 Å². The fourth-order valence-corrected chi connectivity index (χ4v) is 7.38. The molecule has 1 saturated heterocycles. The van der Waals surface area contributed by atoms with Crippen molar-refractivity contribution >= 4 is 22.8 Å². The smallest absolute Gasteiger partial charge is 0.409 e. The highest BCUT2D eigenvalue weighted by molar-refractivity contribution is 7.98. The molecule has 0 N–H and O–H groups in total. The number of nitrogens with zero attached hydrogens (tertiary/aromatic N) is 1. The van der Waals surface area contributed by atoms with E-state index >= 15 is 0 Å². The van der Waals surface area contributed by atoms with Gasteiger partial charge in [0, 0.05) is 22.4 Å². The van der Waals surface area contributed by atoms with Gasteiger partial charge in [-0.15, -0.1) is 0 Å². The van der Waals surface area contributed by atoms with Gasteiger partial charge in [0.25, 0.3) is 0 Å². The van der Waals surface area contributed by atoms with Crippen LogP contribution >= 0.6 is 0 Å². The van der Waals surface area contributed by atoms with Crippen LogP contribution in [0, 0.1) is 5.92 Å². The van der Waals surface area contributed by atoms with Crippen LogP contribution in [0.2, 0.25) is 0 Å². The third-order valence-corrected chi connectivity index (χ3v) is 8.97. The molecule has 2 aliphatic rings. The van der Waals surface area contributed by atoms with E-state index in [1.807, 2.05) is 12.1 Å². The lowest BCUT2D eigenvalue weighted by Crippen LogP contribution is -2.51. The molecule has 1 aromatic rings. The summed E-state index contributed by atoms with van der Waals surface area (Å²) in [6.07, 6.45) is 5.88. The lowest BCUT2D eigenvalue weighted by Gasteiger charge is -2.33. The fourth-order valence-electron chi connectivity index (χ4n) is 4.51. The summed E-state index contributed by atoms with van der Waals surface area (Å²) in [6.45, 7) is 5.77. The molecule has 1 atom stereocenters. The van der Waals surface area contributed by atoms with Gasteiger partial charge >= 0.3 is 6.09 Å². The molecule has 1 heterocycles. The Bertz CT molecular complexity index is 659. The highest BCUT2D eigenvalue weighted by Crippen LogP contribution is 2.34. The molecule has 0 bridgehead atoms. The molecule has 1 aliphatic heterocycles. The fraction of sp³-hybridized carbons (Fsp3) is 0.652. The first-order valence-corrected chi connectivity index (χ1v) is 12.3. The number of hydrogen-bond acceptors (Lipinski definition) is 3. The van der Waals surface area contributed by atoms with Gasteiger partial charge < -0.3 is 4.74 Å². The zero-order valence-corrected chi connectivity index (χ0v) is 18.3. The zero-order chi connectivity index (χ0) is 20.1. The van der Waals surface area contributed by atoms with E-state index in [1.54, 1.807) is 4.90 Å². The van der Waals surface area contributed by atoms with Crippen LogP contribution < -0.4 is 0 Å². The number of ketones is 1. The number of Topliss-reactive ketones (excluding diaryl/α,β-unsaturated/α-hetero) is 1. The number of carbonyl (C=O) groups excluding carboxylic acids is 2. The van der Waals surface area contributed by atoms with Crippen molar-refractivity contribution in [2.75, 3.05) is 31.7 Å². The minimum atomic E-state index is -0.243. The molecule has 28 heavy (non-hydrogen) atoms. The summed E-state index contributed by atoms with van der Waals surface area (Å²) in [4.78, 5) is 27.2. The Morgan fingerprint density at radius 1 is 1.04 bits per heavy atom. The van der Waals surface area contributed by atoms with Gasteiger partial charge in [0.05, 0.1) is 20.2 Å². The first kappa shape index (κ1) is 21.2. The molecular weight excluding hydrogens is 370 g/mol. The second-order valence-electron chi connectivity index (χ2n) is 8.36. The van der Waals surface area contributed by atoms with E-state index in [-0.39, 0.29) is 22.2 Å². The molecule has 1 saturated carbocycles. The van der Waals surface area contributed by atoms with Crippen LogP contribution in [0.3, 0.4) is 0 Å². The Labute approximate surface area is 172 Å². The maximum absolute atomic E-state index is 13.6. The summed E-state index contributed by atoms with van der Waals surface area (Å²) in [6, 6.07) is 8.28. The van der Waals surface area contributed by atoms with Crippen molar-refractivity contribution in [1.29, 1.82) is 0 Å². The van der Waals surface area contributed by atoms with Gasteiger partial charge in [-0.2, -0.15) is 0 Å². The maximum atomic E-state index is 13.6. The first-order valence-electron chi connectivity index (χ1n) is 10.6. The van der Waals surface area contributed by atoms with Crippen molar-refractivity contribution in [3.8, 4) is 0 Å². The number of rotatable bonds is 5. The standard InChI is InChI=1S/C23H34NO3S/c1-17(2)18-9-11-19(12-10-18)21(25)22(20-7-5-4-6-8-20)28-15-13-24(14-16-28)23(26)27-3/h9-12,17,20,22H,4-8,13-16H2,1-3H3/q+1. The summed E-state index contributed by atoms with van der Waals surface area (Å²) in [5, 5.41) is 0.116. The van der Waals surface area contributed by atoms with Gasteiger partial charge in [-0.25, -0.2) is 4.79 Å². The molecule has 4 nitrogen and oxygen atoms in total. The number of methoxy groups -OCH3 is 1. The summed E-state index contributed by atoms with van der Waals surface area (Å²) in [7, 11) is 1.47. The molecule has 154 valence electrons. The van der Waals surface area contributed by atoms with Gasteiger partial charge in [-0.05, 0) is 24.3 Å². The average molecular weight is 405 g/mol. The lowest BCUT2D eigenvalue weighted by atomic mass is 9.84. The van der Waals surface area contributed by atoms with Crippen LogP contribution in [0.4, 0.5) is 4.79 Å². The predicted octanol–water partition coefficient (Wildman–Crippen LogP) is 4.64. The van der Waals surface area contributed by atoms with Crippen LogP contribution in [-0.2, 0) is 15.6 Å². The Balaban J connectivity index is 1.77. The lowest BCUT2D eigenvalue weighted by molar-refractivity contribution is 0.0957. The molecule has 1 amide bonds. The summed E-state index contributed by atoms with van der Waals surface area (Å²) < 4.78 is 4.87. The van der Waals surface area contributed by atoms with Crippen molar-refractivity contribution in [3.63, 3.8) is 0 Å². The van der Waals surface area contributed by atoms with Crippen molar-refractivity contribution in [3.05, 3.63) is 35.4 Å². The minimum absolute atomic E-state index is 0.0371. The van der Waals surface area contributed by atoms with Crippen molar-refractivity contribution < 1.29 is 14.3 Å². The average Bonchev–Trinajstić information content (AvgIpc) is 2.74. The van der Waals surface area contributed by atoms with Gasteiger partial charge in [0.2, 0.25) is 5.78 Å². The summed E-state index contributed by atoms with van der Waals surface area (Å²) >= 11 is 0. The topological polar surface area (TPSA) is 46.6 Å². The first-order chi connectivity index (χ1) is 13.5. The van der Waals surface area contributed by atoms with Crippen molar-refractivity contribution in [1.82, 2.24) is 4.90 Å². The molecule has 1 aliphatic carbocycles. The summed E-state index contributed by atoms with van der Waals surface area (Å²) in [5.41, 5.74) is 2.14. The maximum Gasteiger partial charge on any atom is 0.409 e. The quantitative estimate of drug-likeness (QED) is 0.530. The number of hydrogen-bond donors (Lipinski definition) is 0. The largest absolute Gasteiger partial charge is 0.453 e. The van der Waals surface area contributed by atoms with E-state index in [4.69, 9.17) is 4.74 Å².